The zero-order chi connectivity index (χ0) is 42.6. The summed E-state index contributed by atoms with van der Waals surface area (Å²) in [5, 5.41) is 23.1. The van der Waals surface area contributed by atoms with E-state index in [2.05, 4.69) is 11.4 Å². The van der Waals surface area contributed by atoms with Crippen LogP contribution in [0.1, 0.15) is 55.4 Å². The second kappa shape index (κ2) is 17.8. The number of ether oxygens (including phenoxy) is 3. The Balaban J connectivity index is 0.983. The third-order valence-electron chi connectivity index (χ3n) is 10.9. The fraction of sp³-hybridized carbons (Fsp3) is 0.184. The first-order valence-electron chi connectivity index (χ1n) is 19.6. The molecule has 2 aliphatic heterocycles. The normalized spacial score (nSPS) is 15.8. The minimum Gasteiger partial charge on any atom is -0.489 e. The first-order valence-corrected chi connectivity index (χ1v) is 20.4. The predicted molar refractivity (Wildman–Crippen MR) is 231 cm³/mol. The molecular weight excluding hydrogens is 813 g/mol. The zero-order valence-electron chi connectivity index (χ0n) is 32.9. The average molecular weight is 853 g/mol. The van der Waals surface area contributed by atoms with E-state index in [0.717, 1.165) is 38.9 Å². The monoisotopic (exact) mass is 851 g/mol. The van der Waals surface area contributed by atoms with Crippen molar-refractivity contribution >= 4 is 41.0 Å². The molecule has 0 bridgehead atoms. The van der Waals surface area contributed by atoms with Crippen molar-refractivity contribution in [3.63, 3.8) is 0 Å². The smallest absolute Gasteiger partial charge is 0.326 e. The van der Waals surface area contributed by atoms with Crippen LogP contribution in [0.2, 0.25) is 10.0 Å². The summed E-state index contributed by atoms with van der Waals surface area (Å²) in [5.74, 6) is -0.435. The SMILES string of the molecule is Cc1ccc(C(=O)N2Cc3cc4c(cc3C[C@H]2C(=O)NC(Cc2ccc(-c3ccc(C#N)cc3)cc2)C(=O)O)OC[C@H](c2ccc(OCc3ccc(Cl)c(Cl)c3)cc2)O4)cc1. The van der Waals surface area contributed by atoms with Gasteiger partial charge in [0.25, 0.3) is 5.91 Å². The van der Waals surface area contributed by atoms with Crippen LogP contribution in [-0.2, 0) is 35.6 Å². The van der Waals surface area contributed by atoms with Gasteiger partial charge in [0.15, 0.2) is 17.6 Å². The highest BCUT2D eigenvalue weighted by Gasteiger charge is 2.38. The molecule has 0 fully saturated rings. The third kappa shape index (κ3) is 9.34. The van der Waals surface area contributed by atoms with Crippen molar-refractivity contribution in [2.75, 3.05) is 6.61 Å². The number of rotatable bonds is 11. The Kier molecular flexibility index (Phi) is 12.0. The maximum Gasteiger partial charge on any atom is 0.326 e. The van der Waals surface area contributed by atoms with Crippen molar-refractivity contribution < 1.29 is 33.7 Å². The summed E-state index contributed by atoms with van der Waals surface area (Å²) in [5.41, 5.74) is 7.82. The van der Waals surface area contributed by atoms with Crippen molar-refractivity contribution in [2.24, 2.45) is 0 Å². The largest absolute Gasteiger partial charge is 0.489 e. The van der Waals surface area contributed by atoms with Crippen molar-refractivity contribution in [1.29, 1.82) is 5.26 Å². The number of carbonyl (C=O) groups is 3. The number of nitrogens with one attached hydrogen (secondary N) is 1. The number of hydrogen-bond donors (Lipinski definition) is 2. The van der Waals surface area contributed by atoms with Crippen LogP contribution in [0.25, 0.3) is 11.1 Å². The summed E-state index contributed by atoms with van der Waals surface area (Å²) < 4.78 is 18.6. The van der Waals surface area contributed by atoms with Crippen molar-refractivity contribution in [1.82, 2.24) is 10.2 Å². The van der Waals surface area contributed by atoms with Gasteiger partial charge in [-0.05, 0) is 107 Å². The lowest BCUT2D eigenvalue weighted by Crippen LogP contribution is -2.56. The number of carboxylic acid groups (broad SMARTS) is 1. The number of aliphatic carboxylic acids is 1. The van der Waals surface area contributed by atoms with Gasteiger partial charge in [0.05, 0.1) is 21.7 Å². The van der Waals surface area contributed by atoms with Gasteiger partial charge in [0, 0.05) is 24.9 Å². The van der Waals surface area contributed by atoms with Crippen LogP contribution in [0, 0.1) is 18.3 Å². The van der Waals surface area contributed by atoms with E-state index >= 15 is 0 Å². The molecule has 0 saturated heterocycles. The maximum absolute atomic E-state index is 14.2. The first-order chi connectivity index (χ1) is 29.5. The van der Waals surface area contributed by atoms with E-state index in [-0.39, 0.29) is 31.9 Å². The van der Waals surface area contributed by atoms with Crippen LogP contribution in [0.15, 0.2) is 127 Å². The fourth-order valence-electron chi connectivity index (χ4n) is 7.47. The van der Waals surface area contributed by atoms with E-state index < -0.39 is 30.1 Å². The van der Waals surface area contributed by atoms with Gasteiger partial charge in [-0.3, -0.25) is 9.59 Å². The zero-order valence-corrected chi connectivity index (χ0v) is 34.5. The third-order valence-corrected chi connectivity index (χ3v) is 11.7. The number of aryl methyl sites for hydroxylation is 1. The molecule has 0 spiro atoms. The van der Waals surface area contributed by atoms with E-state index in [9.17, 15) is 19.5 Å². The molecule has 0 radical (unpaired) electrons. The van der Waals surface area contributed by atoms with Gasteiger partial charge in [-0.2, -0.15) is 5.26 Å². The highest BCUT2D eigenvalue weighted by Crippen LogP contribution is 2.41. The number of amides is 2. The van der Waals surface area contributed by atoms with E-state index in [4.69, 9.17) is 42.7 Å². The van der Waals surface area contributed by atoms with Gasteiger partial charge in [0.2, 0.25) is 5.91 Å². The quantitative estimate of drug-likeness (QED) is 0.132. The van der Waals surface area contributed by atoms with E-state index in [0.29, 0.717) is 50.6 Å². The second-order valence-corrected chi connectivity index (χ2v) is 15.9. The summed E-state index contributed by atoms with van der Waals surface area (Å²) in [4.78, 5) is 42.4. The van der Waals surface area contributed by atoms with E-state index in [1.807, 2.05) is 97.9 Å². The Morgan fingerprint density at radius 3 is 2.18 bits per heavy atom. The first kappa shape index (κ1) is 41.0. The Bertz CT molecular complexity index is 2650. The van der Waals surface area contributed by atoms with Crippen LogP contribution in [0.4, 0.5) is 0 Å². The Labute approximate surface area is 362 Å². The summed E-state index contributed by atoms with van der Waals surface area (Å²) in [7, 11) is 0. The molecule has 10 nitrogen and oxygen atoms in total. The molecule has 12 heteroatoms. The number of carbonyl (C=O) groups excluding carboxylic acids is 2. The highest BCUT2D eigenvalue weighted by atomic mass is 35.5. The number of fused-ring (bicyclic) bond motifs is 2. The molecular formula is C49H39Cl2N3O7. The Morgan fingerprint density at radius 1 is 0.836 bits per heavy atom. The van der Waals surface area contributed by atoms with Gasteiger partial charge in [-0.15, -0.1) is 0 Å². The van der Waals surface area contributed by atoms with Gasteiger partial charge in [-0.1, -0.05) is 95.5 Å². The topological polar surface area (TPSA) is 138 Å². The number of benzene rings is 6. The summed E-state index contributed by atoms with van der Waals surface area (Å²) in [6, 6.07) is 38.2. The standard InChI is InChI=1S/C49H39Cl2N3O7/c1-29-2-9-36(10-3-29)48(56)54-26-38-24-45-44(60-28-46(61-45)35-15-17-39(18-16-35)59-27-32-8-19-40(50)41(51)20-32)23-37(38)22-43(54)47(55)53-42(49(57)58)21-30-4-11-33(12-5-30)34-13-6-31(25-52)7-14-34/h2-20,23-24,42-43,46H,21-22,26-28H2,1H3,(H,53,55)(H,57,58)/t42?,43-,46+/m0/s1. The molecule has 6 aromatic rings. The lowest BCUT2D eigenvalue weighted by Gasteiger charge is -2.37. The van der Waals surface area contributed by atoms with Crippen molar-refractivity contribution in [3.05, 3.63) is 182 Å². The fourth-order valence-corrected chi connectivity index (χ4v) is 7.79. The van der Waals surface area contributed by atoms with Crippen LogP contribution < -0.4 is 19.5 Å². The molecule has 0 saturated carbocycles. The number of hydrogen-bond acceptors (Lipinski definition) is 7. The predicted octanol–water partition coefficient (Wildman–Crippen LogP) is 9.31. The van der Waals surface area contributed by atoms with Gasteiger partial charge in [0.1, 0.15) is 31.0 Å². The van der Waals surface area contributed by atoms with Crippen LogP contribution in [0.5, 0.6) is 17.2 Å². The lowest BCUT2D eigenvalue weighted by atomic mass is 9.91. The molecule has 2 aliphatic rings. The van der Waals surface area contributed by atoms with E-state index in [1.165, 1.54) is 4.90 Å². The number of carboxylic acids is 1. The van der Waals surface area contributed by atoms with Crippen LogP contribution >= 0.6 is 23.2 Å². The molecule has 306 valence electrons. The van der Waals surface area contributed by atoms with Gasteiger partial charge < -0.3 is 29.5 Å². The maximum atomic E-state index is 14.2. The number of nitrogens with zero attached hydrogens (tertiary/aromatic N) is 2. The van der Waals surface area contributed by atoms with Crippen molar-refractivity contribution in [3.8, 4) is 34.4 Å². The number of nitriles is 1. The van der Waals surface area contributed by atoms with Crippen molar-refractivity contribution in [2.45, 2.75) is 51.1 Å². The average Bonchev–Trinajstić information content (AvgIpc) is 3.28. The molecule has 6 aromatic carbocycles. The molecule has 8 rings (SSSR count). The molecule has 2 N–H and O–H groups in total. The van der Waals surface area contributed by atoms with E-state index in [1.54, 1.807) is 36.4 Å². The van der Waals surface area contributed by atoms with Gasteiger partial charge >= 0.3 is 5.97 Å². The summed E-state index contributed by atoms with van der Waals surface area (Å²) in [6.07, 6.45) is -0.255. The lowest BCUT2D eigenvalue weighted by molar-refractivity contribution is -0.142. The van der Waals surface area contributed by atoms with Crippen LogP contribution in [-0.4, -0.2) is 46.5 Å². The Hall–Kier alpha value is -6.80. The molecule has 3 atom stereocenters. The molecule has 1 unspecified atom stereocenters. The summed E-state index contributed by atoms with van der Waals surface area (Å²) >= 11 is 12.2. The molecule has 2 amide bonds. The number of halogens is 2. The second-order valence-electron chi connectivity index (χ2n) is 15.1. The Morgan fingerprint density at radius 2 is 1.51 bits per heavy atom. The molecule has 61 heavy (non-hydrogen) atoms. The minimum atomic E-state index is -1.26. The van der Waals surface area contributed by atoms with Crippen LogP contribution in [0.3, 0.4) is 0 Å². The highest BCUT2D eigenvalue weighted by molar-refractivity contribution is 6.42. The molecule has 2 heterocycles. The summed E-state index contributed by atoms with van der Waals surface area (Å²) in [6.45, 7) is 2.57. The molecule has 0 aromatic heterocycles. The van der Waals surface area contributed by atoms with Gasteiger partial charge in [-0.25, -0.2) is 4.79 Å². The molecule has 0 aliphatic carbocycles. The minimum absolute atomic E-state index is 0.0261.